The van der Waals surface area contributed by atoms with Crippen LogP contribution < -0.4 is 16.2 Å². The number of pyridine rings is 1. The molecule has 3 rings (SSSR count). The van der Waals surface area contributed by atoms with Gasteiger partial charge in [0.25, 0.3) is 17.7 Å². The second-order valence-corrected chi connectivity index (χ2v) is 6.63. The lowest BCUT2D eigenvalue weighted by Crippen LogP contribution is -2.42. The molecule has 0 saturated heterocycles. The standard InChI is InChI=1S/C18H13ClN4O3S/c19-11-6-7-12(14(10-11)21-18(26)15-5-3-9-27-15)16(24)22-23-17(25)13-4-1-2-8-20-13/h1-10H,(H,21,26)(H,22,24)(H,23,25). The van der Waals surface area contributed by atoms with Crippen molar-refractivity contribution in [1.82, 2.24) is 15.8 Å². The van der Waals surface area contributed by atoms with Crippen molar-refractivity contribution in [3.63, 3.8) is 0 Å². The number of aromatic nitrogens is 1. The molecule has 0 aliphatic rings. The van der Waals surface area contributed by atoms with Crippen LogP contribution in [0, 0.1) is 0 Å². The first-order valence-electron chi connectivity index (χ1n) is 7.71. The van der Waals surface area contributed by atoms with E-state index in [0.717, 1.165) is 0 Å². The van der Waals surface area contributed by atoms with Crippen molar-refractivity contribution < 1.29 is 14.4 Å². The zero-order valence-corrected chi connectivity index (χ0v) is 15.3. The summed E-state index contributed by atoms with van der Waals surface area (Å²) < 4.78 is 0. The Balaban J connectivity index is 1.72. The molecule has 27 heavy (non-hydrogen) atoms. The molecule has 9 heteroatoms. The van der Waals surface area contributed by atoms with Crippen LogP contribution >= 0.6 is 22.9 Å². The number of carbonyl (C=O) groups is 3. The Morgan fingerprint density at radius 1 is 0.926 bits per heavy atom. The van der Waals surface area contributed by atoms with Gasteiger partial charge >= 0.3 is 0 Å². The van der Waals surface area contributed by atoms with E-state index in [1.807, 2.05) is 0 Å². The average Bonchev–Trinajstić information content (AvgIpc) is 3.21. The number of hydrazine groups is 1. The van der Waals surface area contributed by atoms with E-state index in [0.29, 0.717) is 9.90 Å². The zero-order chi connectivity index (χ0) is 19.2. The van der Waals surface area contributed by atoms with Crippen LogP contribution in [0.25, 0.3) is 0 Å². The number of hydrogen-bond donors (Lipinski definition) is 3. The van der Waals surface area contributed by atoms with Crippen molar-refractivity contribution in [2.24, 2.45) is 0 Å². The average molecular weight is 401 g/mol. The summed E-state index contributed by atoms with van der Waals surface area (Å²) in [5, 5.41) is 4.78. The van der Waals surface area contributed by atoms with E-state index in [2.05, 4.69) is 21.2 Å². The van der Waals surface area contributed by atoms with Gasteiger partial charge in [0.2, 0.25) is 0 Å². The SMILES string of the molecule is O=C(NNC(=O)c1ccc(Cl)cc1NC(=O)c1cccs1)c1ccccn1. The molecular weight excluding hydrogens is 388 g/mol. The maximum absolute atomic E-state index is 12.4. The summed E-state index contributed by atoms with van der Waals surface area (Å²) in [7, 11) is 0. The molecule has 3 N–H and O–H groups in total. The van der Waals surface area contributed by atoms with E-state index < -0.39 is 11.8 Å². The van der Waals surface area contributed by atoms with Gasteiger partial charge in [0, 0.05) is 11.2 Å². The predicted molar refractivity (Wildman–Crippen MR) is 103 cm³/mol. The minimum absolute atomic E-state index is 0.144. The summed E-state index contributed by atoms with van der Waals surface area (Å²) in [6.07, 6.45) is 1.47. The number of benzene rings is 1. The smallest absolute Gasteiger partial charge is 0.288 e. The highest BCUT2D eigenvalue weighted by Gasteiger charge is 2.16. The van der Waals surface area contributed by atoms with Crippen LogP contribution in [0.15, 0.2) is 60.1 Å². The van der Waals surface area contributed by atoms with Crippen molar-refractivity contribution in [1.29, 1.82) is 0 Å². The molecule has 3 amide bonds. The molecule has 1 aromatic carbocycles. The Hall–Kier alpha value is -3.23. The first kappa shape index (κ1) is 18.6. The number of rotatable bonds is 4. The molecule has 7 nitrogen and oxygen atoms in total. The molecule has 0 bridgehead atoms. The molecule has 0 aliphatic heterocycles. The minimum Gasteiger partial charge on any atom is -0.320 e. The lowest BCUT2D eigenvalue weighted by atomic mass is 10.1. The lowest BCUT2D eigenvalue weighted by molar-refractivity contribution is 0.0844. The first-order chi connectivity index (χ1) is 13.0. The highest BCUT2D eigenvalue weighted by Crippen LogP contribution is 2.22. The second kappa shape index (κ2) is 8.43. The van der Waals surface area contributed by atoms with Crippen molar-refractivity contribution >= 4 is 46.3 Å². The van der Waals surface area contributed by atoms with Gasteiger partial charge in [-0.3, -0.25) is 30.2 Å². The quantitative estimate of drug-likeness (QED) is 0.586. The molecule has 2 heterocycles. The Kier molecular flexibility index (Phi) is 5.80. The van der Waals surface area contributed by atoms with Gasteiger partial charge < -0.3 is 5.32 Å². The number of thiophene rings is 1. The number of hydrogen-bond acceptors (Lipinski definition) is 5. The van der Waals surface area contributed by atoms with E-state index in [1.165, 1.54) is 41.8 Å². The Bertz CT molecular complexity index is 978. The van der Waals surface area contributed by atoms with Gasteiger partial charge in [-0.1, -0.05) is 23.7 Å². The second-order valence-electron chi connectivity index (χ2n) is 5.24. The molecular formula is C18H13ClN4O3S. The fourth-order valence-corrected chi connectivity index (χ4v) is 2.94. The number of carbonyl (C=O) groups excluding carboxylic acids is 3. The third-order valence-corrected chi connectivity index (χ3v) is 4.51. The molecule has 0 unspecified atom stereocenters. The summed E-state index contributed by atoms with van der Waals surface area (Å²) in [4.78, 5) is 41.1. The number of halogens is 1. The fraction of sp³-hybridized carbons (Fsp3) is 0. The maximum atomic E-state index is 12.4. The van der Waals surface area contributed by atoms with Gasteiger partial charge in [0.1, 0.15) is 5.69 Å². The molecule has 136 valence electrons. The molecule has 0 spiro atoms. The van der Waals surface area contributed by atoms with Crippen molar-refractivity contribution in [3.8, 4) is 0 Å². The van der Waals surface area contributed by atoms with Gasteiger partial charge in [0.15, 0.2) is 0 Å². The van der Waals surface area contributed by atoms with Gasteiger partial charge in [-0.25, -0.2) is 0 Å². The van der Waals surface area contributed by atoms with Crippen LogP contribution in [-0.2, 0) is 0 Å². The van der Waals surface area contributed by atoms with Gasteiger partial charge in [-0.2, -0.15) is 0 Å². The summed E-state index contributed by atoms with van der Waals surface area (Å²) in [5.74, 6) is -1.54. The normalized spacial score (nSPS) is 10.1. The Labute approximate surface area is 163 Å². The van der Waals surface area contributed by atoms with E-state index in [9.17, 15) is 14.4 Å². The third-order valence-electron chi connectivity index (χ3n) is 3.41. The Morgan fingerprint density at radius 3 is 2.44 bits per heavy atom. The van der Waals surface area contributed by atoms with Gasteiger partial charge in [0.05, 0.1) is 16.1 Å². The summed E-state index contributed by atoms with van der Waals surface area (Å²) in [6.45, 7) is 0. The number of nitrogens with zero attached hydrogens (tertiary/aromatic N) is 1. The summed E-state index contributed by atoms with van der Waals surface area (Å²) in [5.41, 5.74) is 5.09. The zero-order valence-electron chi connectivity index (χ0n) is 13.7. The molecule has 0 fully saturated rings. The van der Waals surface area contributed by atoms with Crippen molar-refractivity contribution in [3.05, 3.63) is 81.3 Å². The third kappa shape index (κ3) is 4.69. The summed E-state index contributed by atoms with van der Waals surface area (Å²) in [6, 6.07) is 12.7. The molecule has 0 saturated carbocycles. The van der Waals surface area contributed by atoms with Gasteiger partial charge in [-0.05, 0) is 41.8 Å². The van der Waals surface area contributed by atoms with Crippen molar-refractivity contribution in [2.45, 2.75) is 0 Å². The van der Waals surface area contributed by atoms with Crippen LogP contribution in [0.4, 0.5) is 5.69 Å². The highest BCUT2D eigenvalue weighted by atomic mass is 35.5. The highest BCUT2D eigenvalue weighted by molar-refractivity contribution is 7.12. The molecule has 0 atom stereocenters. The lowest BCUT2D eigenvalue weighted by Gasteiger charge is -2.12. The predicted octanol–water partition coefficient (Wildman–Crippen LogP) is 3.12. The summed E-state index contributed by atoms with van der Waals surface area (Å²) >= 11 is 7.25. The topological polar surface area (TPSA) is 100 Å². The largest absolute Gasteiger partial charge is 0.320 e. The van der Waals surface area contributed by atoms with Crippen LogP contribution in [0.2, 0.25) is 5.02 Å². The molecule has 2 aromatic heterocycles. The number of nitrogens with one attached hydrogen (secondary N) is 3. The molecule has 0 radical (unpaired) electrons. The first-order valence-corrected chi connectivity index (χ1v) is 8.96. The fourth-order valence-electron chi connectivity index (χ4n) is 2.15. The minimum atomic E-state index is -0.613. The van der Waals surface area contributed by atoms with E-state index in [4.69, 9.17) is 11.6 Å². The molecule has 3 aromatic rings. The van der Waals surface area contributed by atoms with Crippen LogP contribution in [-0.4, -0.2) is 22.7 Å². The van der Waals surface area contributed by atoms with E-state index in [1.54, 1.807) is 29.6 Å². The van der Waals surface area contributed by atoms with Crippen LogP contribution in [0.1, 0.15) is 30.5 Å². The van der Waals surface area contributed by atoms with E-state index >= 15 is 0 Å². The number of amides is 3. The Morgan fingerprint density at radius 2 is 1.74 bits per heavy atom. The van der Waals surface area contributed by atoms with Gasteiger partial charge in [-0.15, -0.1) is 11.3 Å². The van der Waals surface area contributed by atoms with E-state index in [-0.39, 0.29) is 22.9 Å². The molecule has 0 aliphatic carbocycles. The monoisotopic (exact) mass is 400 g/mol. The number of anilines is 1. The maximum Gasteiger partial charge on any atom is 0.288 e. The van der Waals surface area contributed by atoms with Crippen molar-refractivity contribution in [2.75, 3.05) is 5.32 Å². The van der Waals surface area contributed by atoms with Crippen LogP contribution in [0.3, 0.4) is 0 Å². The van der Waals surface area contributed by atoms with Crippen LogP contribution in [0.5, 0.6) is 0 Å².